The first-order chi connectivity index (χ1) is 9.02. The van der Waals surface area contributed by atoms with Crippen molar-refractivity contribution in [3.63, 3.8) is 0 Å². The van der Waals surface area contributed by atoms with Gasteiger partial charge < -0.3 is 10.1 Å². The fourth-order valence-corrected chi connectivity index (χ4v) is 1.42. The van der Waals surface area contributed by atoms with Crippen LogP contribution in [0.3, 0.4) is 0 Å². The summed E-state index contributed by atoms with van der Waals surface area (Å²) in [6.07, 6.45) is 2.57. The zero-order valence-electron chi connectivity index (χ0n) is 11.0. The van der Waals surface area contributed by atoms with Gasteiger partial charge in [0, 0.05) is 12.6 Å². The maximum Gasteiger partial charge on any atom is 0.306 e. The monoisotopic (exact) mass is 284 g/mol. The molecular weight excluding hydrogens is 268 g/mol. The molecule has 0 saturated heterocycles. The highest BCUT2D eigenvalue weighted by Crippen LogP contribution is 2.10. The van der Waals surface area contributed by atoms with Gasteiger partial charge in [-0.2, -0.15) is 0 Å². The van der Waals surface area contributed by atoms with Crippen LogP contribution in [0.15, 0.2) is 18.3 Å². The summed E-state index contributed by atoms with van der Waals surface area (Å²) in [5.41, 5.74) is 0. The van der Waals surface area contributed by atoms with Crippen molar-refractivity contribution < 1.29 is 14.3 Å². The van der Waals surface area contributed by atoms with Crippen LogP contribution >= 0.6 is 11.6 Å². The lowest BCUT2D eigenvalue weighted by Gasteiger charge is -2.12. The molecule has 1 aromatic rings. The Hall–Kier alpha value is -1.62. The van der Waals surface area contributed by atoms with Gasteiger partial charge in [-0.3, -0.25) is 9.59 Å². The van der Waals surface area contributed by atoms with Crippen LogP contribution in [0.25, 0.3) is 0 Å². The predicted octanol–water partition coefficient (Wildman–Crippen LogP) is 2.80. The molecule has 0 fully saturated rings. The number of hydrogen-bond donors (Lipinski definition) is 1. The minimum absolute atomic E-state index is 0.327. The lowest BCUT2D eigenvalue weighted by atomic mass is 10.2. The Bertz CT molecular complexity index is 434. The van der Waals surface area contributed by atoms with Gasteiger partial charge >= 0.3 is 5.97 Å². The number of hydrogen-bond acceptors (Lipinski definition) is 4. The fraction of sp³-hybridized carbons (Fsp3) is 0.462. The van der Waals surface area contributed by atoms with Crippen LogP contribution < -0.4 is 5.32 Å². The second kappa shape index (κ2) is 7.74. The number of aromatic nitrogens is 1. The van der Waals surface area contributed by atoms with E-state index in [1.54, 1.807) is 12.1 Å². The van der Waals surface area contributed by atoms with E-state index < -0.39 is 12.0 Å². The number of esters is 1. The average molecular weight is 285 g/mol. The van der Waals surface area contributed by atoms with Crippen LogP contribution in [0.1, 0.15) is 33.1 Å². The molecule has 19 heavy (non-hydrogen) atoms. The first kappa shape index (κ1) is 15.4. The number of nitrogens with zero attached hydrogens (tertiary/aromatic N) is 1. The zero-order chi connectivity index (χ0) is 14.3. The summed E-state index contributed by atoms with van der Waals surface area (Å²) in [5.74, 6) is -0.418. The first-order valence-electron chi connectivity index (χ1n) is 6.14. The van der Waals surface area contributed by atoms with Gasteiger partial charge in [-0.05, 0) is 25.5 Å². The SMILES string of the molecule is CCCCC(=O)O[C@H](C)C(=O)Nc1ccc(Cl)cn1. The molecule has 1 heterocycles. The third-order valence-corrected chi connectivity index (χ3v) is 2.61. The molecule has 0 aliphatic rings. The Kier molecular flexibility index (Phi) is 6.29. The van der Waals surface area contributed by atoms with Crippen LogP contribution in [0.2, 0.25) is 5.02 Å². The minimum Gasteiger partial charge on any atom is -0.453 e. The summed E-state index contributed by atoms with van der Waals surface area (Å²) in [6, 6.07) is 3.19. The van der Waals surface area contributed by atoms with E-state index in [1.807, 2.05) is 6.92 Å². The summed E-state index contributed by atoms with van der Waals surface area (Å²) in [6.45, 7) is 3.50. The van der Waals surface area contributed by atoms with Crippen molar-refractivity contribution in [1.82, 2.24) is 4.98 Å². The summed E-state index contributed by atoms with van der Waals surface area (Å²) in [4.78, 5) is 27.0. The topological polar surface area (TPSA) is 68.3 Å². The highest BCUT2D eigenvalue weighted by Gasteiger charge is 2.17. The predicted molar refractivity (Wildman–Crippen MR) is 73.0 cm³/mol. The van der Waals surface area contributed by atoms with Gasteiger partial charge in [0.15, 0.2) is 6.10 Å². The lowest BCUT2D eigenvalue weighted by molar-refractivity contribution is -0.153. The summed E-state index contributed by atoms with van der Waals surface area (Å²) < 4.78 is 5.01. The summed E-state index contributed by atoms with van der Waals surface area (Å²) in [5, 5.41) is 3.03. The van der Waals surface area contributed by atoms with Crippen molar-refractivity contribution in [3.05, 3.63) is 23.4 Å². The number of carbonyl (C=O) groups is 2. The molecule has 0 aliphatic carbocycles. The van der Waals surface area contributed by atoms with E-state index >= 15 is 0 Å². The average Bonchev–Trinajstić information content (AvgIpc) is 2.39. The van der Waals surface area contributed by atoms with Crippen LogP contribution in [0.5, 0.6) is 0 Å². The maximum absolute atomic E-state index is 11.7. The van der Waals surface area contributed by atoms with Crippen molar-refractivity contribution in [3.8, 4) is 0 Å². The van der Waals surface area contributed by atoms with E-state index in [4.69, 9.17) is 16.3 Å². The Morgan fingerprint density at radius 2 is 2.21 bits per heavy atom. The number of carbonyl (C=O) groups excluding carboxylic acids is 2. The Morgan fingerprint density at radius 1 is 1.47 bits per heavy atom. The van der Waals surface area contributed by atoms with Crippen molar-refractivity contribution in [2.75, 3.05) is 5.32 Å². The molecule has 104 valence electrons. The minimum atomic E-state index is -0.846. The standard InChI is InChI=1S/C13H17ClN2O3/c1-3-4-5-12(17)19-9(2)13(18)16-11-7-6-10(14)8-15-11/h6-9H,3-5H2,1-2H3,(H,15,16,18)/t9-/m1/s1. The van der Waals surface area contributed by atoms with Gasteiger partial charge in [0.1, 0.15) is 5.82 Å². The largest absolute Gasteiger partial charge is 0.453 e. The molecule has 1 amide bonds. The summed E-state index contributed by atoms with van der Waals surface area (Å²) in [7, 11) is 0. The van der Waals surface area contributed by atoms with E-state index in [2.05, 4.69) is 10.3 Å². The molecule has 0 aromatic carbocycles. The molecule has 0 spiro atoms. The second-order valence-electron chi connectivity index (χ2n) is 4.09. The Morgan fingerprint density at radius 3 is 2.79 bits per heavy atom. The third-order valence-electron chi connectivity index (χ3n) is 2.39. The van der Waals surface area contributed by atoms with Crippen molar-refractivity contribution in [2.24, 2.45) is 0 Å². The number of halogens is 1. The van der Waals surface area contributed by atoms with Crippen LogP contribution in [0.4, 0.5) is 5.82 Å². The smallest absolute Gasteiger partial charge is 0.306 e. The number of anilines is 1. The first-order valence-corrected chi connectivity index (χ1v) is 6.52. The van der Waals surface area contributed by atoms with Crippen molar-refractivity contribution in [2.45, 2.75) is 39.2 Å². The Balaban J connectivity index is 2.44. The number of pyridine rings is 1. The number of amides is 1. The van der Waals surface area contributed by atoms with E-state index in [0.717, 1.165) is 12.8 Å². The molecule has 1 N–H and O–H groups in total. The number of rotatable bonds is 6. The molecule has 5 nitrogen and oxygen atoms in total. The van der Waals surface area contributed by atoms with Crippen molar-refractivity contribution in [1.29, 1.82) is 0 Å². The fourth-order valence-electron chi connectivity index (χ4n) is 1.31. The second-order valence-corrected chi connectivity index (χ2v) is 4.52. The van der Waals surface area contributed by atoms with E-state index in [-0.39, 0.29) is 5.97 Å². The van der Waals surface area contributed by atoms with Crippen LogP contribution in [-0.4, -0.2) is 23.0 Å². The molecular formula is C13H17ClN2O3. The Labute approximate surface area is 117 Å². The quantitative estimate of drug-likeness (QED) is 0.816. The van der Waals surface area contributed by atoms with Gasteiger partial charge in [0.05, 0.1) is 5.02 Å². The van der Waals surface area contributed by atoms with E-state index in [0.29, 0.717) is 17.3 Å². The van der Waals surface area contributed by atoms with E-state index in [1.165, 1.54) is 13.1 Å². The number of unbranched alkanes of at least 4 members (excludes halogenated alkanes) is 1. The zero-order valence-corrected chi connectivity index (χ0v) is 11.7. The van der Waals surface area contributed by atoms with Gasteiger partial charge in [-0.1, -0.05) is 24.9 Å². The molecule has 1 atom stereocenters. The molecule has 0 unspecified atom stereocenters. The summed E-state index contributed by atoms with van der Waals surface area (Å²) >= 11 is 5.68. The molecule has 1 aromatic heterocycles. The van der Waals surface area contributed by atoms with Crippen LogP contribution in [-0.2, 0) is 14.3 Å². The molecule has 6 heteroatoms. The lowest BCUT2D eigenvalue weighted by Crippen LogP contribution is -2.30. The number of nitrogens with one attached hydrogen (secondary N) is 1. The van der Waals surface area contributed by atoms with Gasteiger partial charge in [0.2, 0.25) is 0 Å². The molecule has 0 radical (unpaired) electrons. The van der Waals surface area contributed by atoms with Crippen LogP contribution in [0, 0.1) is 0 Å². The number of ether oxygens (including phenoxy) is 1. The maximum atomic E-state index is 11.7. The highest BCUT2D eigenvalue weighted by atomic mass is 35.5. The van der Waals surface area contributed by atoms with Gasteiger partial charge in [0.25, 0.3) is 5.91 Å². The molecule has 1 rings (SSSR count). The molecule has 0 aliphatic heterocycles. The van der Waals surface area contributed by atoms with Gasteiger partial charge in [-0.15, -0.1) is 0 Å². The molecule has 0 saturated carbocycles. The normalized spacial score (nSPS) is 11.7. The third kappa shape index (κ3) is 5.70. The molecule has 0 bridgehead atoms. The van der Waals surface area contributed by atoms with Gasteiger partial charge in [-0.25, -0.2) is 4.98 Å². The highest BCUT2D eigenvalue weighted by molar-refractivity contribution is 6.30. The van der Waals surface area contributed by atoms with Crippen molar-refractivity contribution >= 4 is 29.3 Å². The van der Waals surface area contributed by atoms with E-state index in [9.17, 15) is 9.59 Å².